The molecule has 7 heteroatoms. The number of hydrogen-bond donors (Lipinski definition) is 1. The van der Waals surface area contributed by atoms with Crippen molar-refractivity contribution in [2.75, 3.05) is 27.3 Å². The molecule has 0 atom stereocenters. The van der Waals surface area contributed by atoms with E-state index in [1.807, 2.05) is 6.07 Å². The second-order valence-corrected chi connectivity index (χ2v) is 4.13. The van der Waals surface area contributed by atoms with Crippen LogP contribution in [0.15, 0.2) is 29.8 Å². The van der Waals surface area contributed by atoms with Crippen LogP contribution in [0.2, 0.25) is 0 Å². The largest absolute Gasteiger partial charge is 0.355 e. The van der Waals surface area contributed by atoms with Crippen molar-refractivity contribution in [3.63, 3.8) is 0 Å². The van der Waals surface area contributed by atoms with Crippen LogP contribution in [-0.2, 0) is 9.47 Å². The molecule has 0 aliphatic rings. The predicted octanol–water partition coefficient (Wildman–Crippen LogP) is 1.71. The lowest BCUT2D eigenvalue weighted by molar-refractivity contribution is -0.385. The fourth-order valence-electron chi connectivity index (χ4n) is 1.67. The highest BCUT2D eigenvalue weighted by Crippen LogP contribution is 2.20. The molecule has 0 spiro atoms. The normalized spacial score (nSPS) is 11.4. The molecule has 0 aliphatic heterocycles. The van der Waals surface area contributed by atoms with E-state index in [-0.39, 0.29) is 12.2 Å². The average Bonchev–Trinajstić information content (AvgIpc) is 2.50. The lowest BCUT2D eigenvalue weighted by atomic mass is 10.1. The van der Waals surface area contributed by atoms with Gasteiger partial charge in [0.1, 0.15) is 0 Å². The molecule has 0 heterocycles. The molecule has 1 aromatic carbocycles. The van der Waals surface area contributed by atoms with Crippen molar-refractivity contribution in [2.45, 2.75) is 6.29 Å². The second-order valence-electron chi connectivity index (χ2n) is 4.13. The van der Waals surface area contributed by atoms with Crippen molar-refractivity contribution < 1.29 is 14.4 Å². The Morgan fingerprint density at radius 1 is 1.48 bits per heavy atom. The summed E-state index contributed by atoms with van der Waals surface area (Å²) < 4.78 is 10.0. The van der Waals surface area contributed by atoms with Gasteiger partial charge in [-0.2, -0.15) is 5.26 Å². The van der Waals surface area contributed by atoms with Crippen LogP contribution in [-0.4, -0.2) is 38.5 Å². The number of methoxy groups -OCH3 is 2. The lowest BCUT2D eigenvalue weighted by Gasteiger charge is -2.13. The Morgan fingerprint density at radius 3 is 2.71 bits per heavy atom. The van der Waals surface area contributed by atoms with Crippen LogP contribution in [0, 0.1) is 21.4 Å². The first-order valence-electron chi connectivity index (χ1n) is 6.22. The van der Waals surface area contributed by atoms with E-state index in [4.69, 9.17) is 14.7 Å². The molecular formula is C14H17N3O4. The maximum Gasteiger partial charge on any atom is 0.276 e. The molecule has 0 aromatic heterocycles. The van der Waals surface area contributed by atoms with E-state index in [1.165, 1.54) is 26.4 Å². The van der Waals surface area contributed by atoms with Gasteiger partial charge in [0.25, 0.3) is 5.69 Å². The minimum atomic E-state index is -0.472. The highest BCUT2D eigenvalue weighted by Gasteiger charge is 2.11. The Kier molecular flexibility index (Phi) is 7.04. The number of hydrogen-bond acceptors (Lipinski definition) is 6. The van der Waals surface area contributed by atoms with Crippen LogP contribution in [0.5, 0.6) is 0 Å². The maximum atomic E-state index is 10.9. The molecular weight excluding hydrogens is 274 g/mol. The number of ether oxygens (including phenoxy) is 2. The minimum Gasteiger partial charge on any atom is -0.355 e. The number of nitro groups is 1. The summed E-state index contributed by atoms with van der Waals surface area (Å²) in [5, 5.41) is 23.0. The van der Waals surface area contributed by atoms with Gasteiger partial charge in [0.15, 0.2) is 6.29 Å². The summed E-state index contributed by atoms with van der Waals surface area (Å²) in [6.07, 6.45) is 1.09. The van der Waals surface area contributed by atoms with Gasteiger partial charge in [-0.15, -0.1) is 0 Å². The van der Waals surface area contributed by atoms with Crippen LogP contribution < -0.4 is 5.32 Å². The van der Waals surface area contributed by atoms with Crippen LogP contribution >= 0.6 is 0 Å². The summed E-state index contributed by atoms with van der Waals surface area (Å²) in [6, 6.07) is 8.30. The summed E-state index contributed by atoms with van der Waals surface area (Å²) in [6.45, 7) is 0.675. The standard InChI is InChI=1S/C14H17N3O4/c1-20-14(21-2)10-16-9-11(8-15)7-12-5-3-4-6-13(12)17(18)19/h3-7,14,16H,9-10H2,1-2H3/b11-7-. The zero-order chi connectivity index (χ0) is 15.7. The summed E-state index contributed by atoms with van der Waals surface area (Å²) in [7, 11) is 3.04. The zero-order valence-corrected chi connectivity index (χ0v) is 11.9. The number of rotatable bonds is 8. The molecule has 0 unspecified atom stereocenters. The molecule has 1 rings (SSSR count). The van der Waals surface area contributed by atoms with E-state index in [9.17, 15) is 10.1 Å². The number of nitrogens with zero attached hydrogens (tertiary/aromatic N) is 2. The van der Waals surface area contributed by atoms with E-state index in [1.54, 1.807) is 18.2 Å². The molecule has 0 saturated heterocycles. The molecule has 0 radical (unpaired) electrons. The number of nitriles is 1. The quantitative estimate of drug-likeness (QED) is 0.339. The van der Waals surface area contributed by atoms with E-state index < -0.39 is 11.2 Å². The van der Waals surface area contributed by atoms with Gasteiger partial charge in [0.2, 0.25) is 0 Å². The molecule has 0 fully saturated rings. The number of nitrogens with one attached hydrogen (secondary N) is 1. The van der Waals surface area contributed by atoms with Gasteiger partial charge >= 0.3 is 0 Å². The van der Waals surface area contributed by atoms with Crippen LogP contribution in [0.1, 0.15) is 5.56 Å². The topological polar surface area (TPSA) is 97.4 Å². The van der Waals surface area contributed by atoms with Crippen LogP contribution in [0.4, 0.5) is 5.69 Å². The third kappa shape index (κ3) is 5.31. The molecule has 21 heavy (non-hydrogen) atoms. The van der Waals surface area contributed by atoms with Crippen molar-refractivity contribution in [3.8, 4) is 6.07 Å². The molecule has 1 aromatic rings. The van der Waals surface area contributed by atoms with E-state index >= 15 is 0 Å². The van der Waals surface area contributed by atoms with Gasteiger partial charge in [-0.1, -0.05) is 12.1 Å². The third-order valence-electron chi connectivity index (χ3n) is 2.76. The van der Waals surface area contributed by atoms with Crippen molar-refractivity contribution in [3.05, 3.63) is 45.5 Å². The van der Waals surface area contributed by atoms with Gasteiger partial charge in [-0.05, 0) is 12.1 Å². The number of nitro benzene ring substituents is 1. The smallest absolute Gasteiger partial charge is 0.276 e. The Morgan fingerprint density at radius 2 is 2.14 bits per heavy atom. The van der Waals surface area contributed by atoms with Gasteiger partial charge in [-0.3, -0.25) is 10.1 Å². The van der Waals surface area contributed by atoms with Crippen LogP contribution in [0.25, 0.3) is 6.08 Å². The van der Waals surface area contributed by atoms with Gasteiger partial charge in [0, 0.05) is 38.9 Å². The number of benzene rings is 1. The van der Waals surface area contributed by atoms with Crippen LogP contribution in [0.3, 0.4) is 0 Å². The van der Waals surface area contributed by atoms with Crippen molar-refractivity contribution in [1.29, 1.82) is 5.26 Å². The molecule has 1 N–H and O–H groups in total. The summed E-state index contributed by atoms with van der Waals surface area (Å²) in [5.74, 6) is 0. The molecule has 0 saturated carbocycles. The van der Waals surface area contributed by atoms with Gasteiger partial charge in [0.05, 0.1) is 16.6 Å². The van der Waals surface area contributed by atoms with E-state index in [0.717, 1.165) is 0 Å². The first-order valence-corrected chi connectivity index (χ1v) is 6.22. The molecule has 0 aliphatic carbocycles. The molecule has 0 bridgehead atoms. The number of para-hydroxylation sites is 1. The van der Waals surface area contributed by atoms with E-state index in [2.05, 4.69) is 5.32 Å². The van der Waals surface area contributed by atoms with Crippen molar-refractivity contribution in [2.24, 2.45) is 0 Å². The Labute approximate surface area is 122 Å². The average molecular weight is 291 g/mol. The predicted molar refractivity (Wildman–Crippen MR) is 77.4 cm³/mol. The van der Waals surface area contributed by atoms with Gasteiger partial charge < -0.3 is 14.8 Å². The van der Waals surface area contributed by atoms with E-state index in [0.29, 0.717) is 17.7 Å². The Bertz CT molecular complexity index is 547. The van der Waals surface area contributed by atoms with Crippen molar-refractivity contribution in [1.82, 2.24) is 5.32 Å². The summed E-state index contributed by atoms with van der Waals surface area (Å²) >= 11 is 0. The zero-order valence-electron chi connectivity index (χ0n) is 11.9. The Hall–Kier alpha value is -2.27. The molecule has 7 nitrogen and oxygen atoms in total. The maximum absolute atomic E-state index is 10.9. The fraction of sp³-hybridized carbons (Fsp3) is 0.357. The highest BCUT2D eigenvalue weighted by atomic mass is 16.7. The first kappa shape index (κ1) is 16.8. The summed E-state index contributed by atoms with van der Waals surface area (Å²) in [5.41, 5.74) is 0.753. The second kappa shape index (κ2) is 8.81. The molecule has 0 amide bonds. The van der Waals surface area contributed by atoms with Gasteiger partial charge in [-0.25, -0.2) is 0 Å². The fourth-order valence-corrected chi connectivity index (χ4v) is 1.67. The lowest BCUT2D eigenvalue weighted by Crippen LogP contribution is -2.30. The first-order chi connectivity index (χ1) is 10.1. The Balaban J connectivity index is 2.77. The summed E-state index contributed by atoms with van der Waals surface area (Å²) in [4.78, 5) is 10.4. The highest BCUT2D eigenvalue weighted by molar-refractivity contribution is 5.65. The van der Waals surface area contributed by atoms with Crippen molar-refractivity contribution >= 4 is 11.8 Å². The monoisotopic (exact) mass is 291 g/mol. The third-order valence-corrected chi connectivity index (χ3v) is 2.76. The SMILES string of the molecule is COC(CNC/C(C#N)=C\c1ccccc1[N+](=O)[O-])OC. The minimum absolute atomic E-state index is 0.0306. The molecule has 112 valence electrons.